The summed E-state index contributed by atoms with van der Waals surface area (Å²) in [4.78, 5) is 0. The molecule has 0 saturated heterocycles. The van der Waals surface area contributed by atoms with Crippen LogP contribution in [0.15, 0.2) is 24.3 Å². The minimum Gasteiger partial charge on any atom is -0.385 e. The third-order valence-corrected chi connectivity index (χ3v) is 5.77. The van der Waals surface area contributed by atoms with Gasteiger partial charge < -0.3 is 5.11 Å². The highest BCUT2D eigenvalue weighted by Gasteiger charge is 2.43. The fourth-order valence-electron chi connectivity index (χ4n) is 1.40. The Morgan fingerprint density at radius 2 is 1.88 bits per heavy atom. The second-order valence-corrected chi connectivity index (χ2v) is 7.51. The largest absolute Gasteiger partial charge is 0.385 e. The van der Waals surface area contributed by atoms with Crippen molar-refractivity contribution in [2.75, 3.05) is 5.75 Å². The molecule has 0 spiro atoms. The molecule has 0 radical (unpaired) electrons. The van der Waals surface area contributed by atoms with Crippen molar-refractivity contribution in [1.29, 1.82) is 0 Å². The van der Waals surface area contributed by atoms with Crippen molar-refractivity contribution in [3.8, 4) is 0 Å². The van der Waals surface area contributed by atoms with Crippen LogP contribution in [0.5, 0.6) is 0 Å². The van der Waals surface area contributed by atoms with Crippen molar-refractivity contribution < 1.29 is 17.9 Å². The van der Waals surface area contributed by atoms with E-state index in [1.807, 2.05) is 0 Å². The molecule has 0 heterocycles. The van der Waals surface area contributed by atoms with Gasteiger partial charge in [0.1, 0.15) is 11.9 Å². The van der Waals surface area contributed by atoms with E-state index in [0.717, 1.165) is 12.1 Å². The van der Waals surface area contributed by atoms with Gasteiger partial charge in [-0.2, -0.15) is 0 Å². The highest BCUT2D eigenvalue weighted by atomic mass is 35.5. The molecule has 2 unspecified atom stereocenters. The zero-order valence-electron chi connectivity index (χ0n) is 9.52. The third kappa shape index (κ3) is 2.78. The first-order valence-electron chi connectivity index (χ1n) is 5.07. The molecule has 0 amide bonds. The Morgan fingerprint density at radius 1 is 1.41 bits per heavy atom. The van der Waals surface area contributed by atoms with Crippen molar-refractivity contribution in [2.24, 2.45) is 0 Å². The van der Waals surface area contributed by atoms with Crippen LogP contribution < -0.4 is 0 Å². The van der Waals surface area contributed by atoms with Crippen molar-refractivity contribution in [1.82, 2.24) is 0 Å². The van der Waals surface area contributed by atoms with Gasteiger partial charge in [-0.25, -0.2) is 12.8 Å². The molecule has 0 aliphatic rings. The van der Waals surface area contributed by atoms with E-state index in [2.05, 4.69) is 0 Å². The molecule has 0 aromatic heterocycles. The lowest BCUT2D eigenvalue weighted by Gasteiger charge is -2.27. The molecule has 1 rings (SSSR count). The Balaban J connectivity index is 3.12. The van der Waals surface area contributed by atoms with Crippen LogP contribution >= 0.6 is 11.6 Å². The van der Waals surface area contributed by atoms with E-state index in [1.54, 1.807) is 0 Å². The molecule has 0 aliphatic carbocycles. The average Bonchev–Trinajstić information content (AvgIpc) is 2.28. The Morgan fingerprint density at radius 3 is 2.29 bits per heavy atom. The lowest BCUT2D eigenvalue weighted by atomic mass is 10.1. The number of sulfone groups is 1. The monoisotopic (exact) mass is 280 g/mol. The van der Waals surface area contributed by atoms with E-state index in [0.29, 0.717) is 0 Å². The van der Waals surface area contributed by atoms with Gasteiger partial charge >= 0.3 is 0 Å². The van der Waals surface area contributed by atoms with Gasteiger partial charge in [-0.1, -0.05) is 30.7 Å². The van der Waals surface area contributed by atoms with Gasteiger partial charge in [0.05, 0.1) is 0 Å². The zero-order valence-corrected chi connectivity index (χ0v) is 11.1. The first kappa shape index (κ1) is 14.4. The highest BCUT2D eigenvalue weighted by Crippen LogP contribution is 2.37. The van der Waals surface area contributed by atoms with Crippen molar-refractivity contribution in [3.05, 3.63) is 35.6 Å². The molecule has 3 nitrogen and oxygen atoms in total. The molecule has 0 fully saturated rings. The van der Waals surface area contributed by atoms with Crippen LogP contribution in [0.3, 0.4) is 0 Å². The maximum Gasteiger partial charge on any atom is 0.172 e. The van der Waals surface area contributed by atoms with Crippen LogP contribution in [-0.2, 0) is 9.84 Å². The molecular formula is C11H14ClFO3S. The van der Waals surface area contributed by atoms with Gasteiger partial charge in [0.2, 0.25) is 0 Å². The highest BCUT2D eigenvalue weighted by molar-refractivity contribution is 7.94. The summed E-state index contributed by atoms with van der Waals surface area (Å²) in [5, 5.41) is 9.97. The first-order valence-corrected chi connectivity index (χ1v) is 7.10. The van der Waals surface area contributed by atoms with E-state index >= 15 is 0 Å². The summed E-state index contributed by atoms with van der Waals surface area (Å²) in [7, 11) is -3.63. The van der Waals surface area contributed by atoms with E-state index in [9.17, 15) is 17.9 Å². The summed E-state index contributed by atoms with van der Waals surface area (Å²) >= 11 is 5.92. The Bertz CT molecular complexity index is 482. The van der Waals surface area contributed by atoms with Crippen LogP contribution in [0.4, 0.5) is 4.39 Å². The van der Waals surface area contributed by atoms with Crippen LogP contribution in [0.25, 0.3) is 0 Å². The number of aliphatic hydroxyl groups excluding tert-OH is 1. The van der Waals surface area contributed by atoms with E-state index < -0.39 is 26.0 Å². The number of alkyl halides is 1. The normalized spacial score (nSPS) is 17.5. The molecule has 0 bridgehead atoms. The molecule has 0 saturated carbocycles. The van der Waals surface area contributed by atoms with Gasteiger partial charge in [0.25, 0.3) is 0 Å². The Labute approximate surface area is 105 Å². The Kier molecular flexibility index (Phi) is 4.17. The van der Waals surface area contributed by atoms with Crippen LogP contribution in [0, 0.1) is 5.82 Å². The quantitative estimate of drug-likeness (QED) is 0.861. The minimum atomic E-state index is -3.63. The second kappa shape index (κ2) is 4.92. The maximum absolute atomic E-state index is 12.7. The standard InChI is InChI=1S/C11H14ClFO3S/c1-3-17(15,16)11(2,12)10(14)8-4-6-9(13)7-5-8/h4-7,10,14H,3H2,1-2H3. The molecule has 1 aromatic rings. The number of hydrogen-bond acceptors (Lipinski definition) is 3. The number of hydrogen-bond donors (Lipinski definition) is 1. The SMILES string of the molecule is CCS(=O)(=O)C(C)(Cl)C(O)c1ccc(F)cc1. The summed E-state index contributed by atoms with van der Waals surface area (Å²) in [6.07, 6.45) is -1.41. The van der Waals surface area contributed by atoms with Gasteiger partial charge in [-0.3, -0.25) is 0 Å². The fraction of sp³-hybridized carbons (Fsp3) is 0.455. The van der Waals surface area contributed by atoms with Crippen molar-refractivity contribution in [2.45, 2.75) is 24.2 Å². The van der Waals surface area contributed by atoms with Gasteiger partial charge in [0, 0.05) is 5.75 Å². The summed E-state index contributed by atoms with van der Waals surface area (Å²) < 4.78 is 34.4. The molecule has 96 valence electrons. The molecule has 1 aromatic carbocycles. The van der Waals surface area contributed by atoms with E-state index in [1.165, 1.54) is 26.0 Å². The van der Waals surface area contributed by atoms with E-state index in [4.69, 9.17) is 11.6 Å². The molecule has 0 aliphatic heterocycles. The Hall–Kier alpha value is -0.650. The lowest BCUT2D eigenvalue weighted by Crippen LogP contribution is -2.37. The molecule has 1 N–H and O–H groups in total. The average molecular weight is 281 g/mol. The van der Waals surface area contributed by atoms with Crippen LogP contribution in [0.2, 0.25) is 0 Å². The summed E-state index contributed by atoms with van der Waals surface area (Å²) in [6.45, 7) is 2.69. The number of halogens is 2. The molecule has 2 atom stereocenters. The van der Waals surface area contributed by atoms with Gasteiger partial charge in [-0.15, -0.1) is 0 Å². The predicted molar refractivity (Wildman–Crippen MR) is 65.1 cm³/mol. The van der Waals surface area contributed by atoms with Crippen LogP contribution in [-0.4, -0.2) is 23.5 Å². The molecule has 6 heteroatoms. The zero-order chi connectivity index (χ0) is 13.3. The second-order valence-electron chi connectivity index (χ2n) is 3.84. The summed E-state index contributed by atoms with van der Waals surface area (Å²) in [6, 6.07) is 4.91. The fourth-order valence-corrected chi connectivity index (χ4v) is 2.89. The third-order valence-electron chi connectivity index (χ3n) is 2.66. The van der Waals surface area contributed by atoms with Crippen LogP contribution in [0.1, 0.15) is 25.5 Å². The topological polar surface area (TPSA) is 54.4 Å². The molecular weight excluding hydrogens is 267 g/mol. The lowest BCUT2D eigenvalue weighted by molar-refractivity contribution is 0.162. The van der Waals surface area contributed by atoms with Crippen molar-refractivity contribution >= 4 is 21.4 Å². The van der Waals surface area contributed by atoms with Gasteiger partial charge in [-0.05, 0) is 24.6 Å². The summed E-state index contributed by atoms with van der Waals surface area (Å²) in [5.41, 5.74) is 0.265. The minimum absolute atomic E-state index is 0.175. The maximum atomic E-state index is 12.7. The van der Waals surface area contributed by atoms with Gasteiger partial charge in [0.15, 0.2) is 14.0 Å². The number of benzene rings is 1. The number of rotatable bonds is 4. The smallest absolute Gasteiger partial charge is 0.172 e. The van der Waals surface area contributed by atoms with E-state index in [-0.39, 0.29) is 11.3 Å². The number of aliphatic hydroxyl groups is 1. The first-order chi connectivity index (χ1) is 7.72. The predicted octanol–water partition coefficient (Wildman–Crippen LogP) is 2.25. The summed E-state index contributed by atoms with van der Waals surface area (Å²) in [5.74, 6) is -0.638. The van der Waals surface area contributed by atoms with Crippen molar-refractivity contribution in [3.63, 3.8) is 0 Å². The molecule has 17 heavy (non-hydrogen) atoms.